The summed E-state index contributed by atoms with van der Waals surface area (Å²) in [4.78, 5) is 0. The zero-order chi connectivity index (χ0) is 14.9. The Hall–Kier alpha value is -1.75. The molecule has 1 heterocycles. The molecule has 0 aliphatic carbocycles. The standard InChI is InChI=1S/C15H19F2N3/c1-9(2)18-7-11-8-20(4)19-15(11)12-6-13(16)10(3)5-14(12)17/h5-6,8-9,18H,7H2,1-4H3. The van der Waals surface area contributed by atoms with E-state index in [4.69, 9.17) is 0 Å². The van der Waals surface area contributed by atoms with Crippen LogP contribution in [0, 0.1) is 18.6 Å². The number of nitrogens with one attached hydrogen (secondary N) is 1. The molecule has 5 heteroatoms. The molecule has 2 rings (SSSR count). The van der Waals surface area contributed by atoms with Crippen molar-refractivity contribution in [3.8, 4) is 11.3 Å². The first-order valence-electron chi connectivity index (χ1n) is 6.60. The molecule has 2 aromatic rings. The van der Waals surface area contributed by atoms with Crippen molar-refractivity contribution in [1.82, 2.24) is 15.1 Å². The third-order valence-corrected chi connectivity index (χ3v) is 3.11. The fraction of sp³-hybridized carbons (Fsp3) is 0.400. The van der Waals surface area contributed by atoms with Crippen molar-refractivity contribution in [1.29, 1.82) is 0 Å². The molecule has 0 radical (unpaired) electrons. The molecule has 0 saturated heterocycles. The van der Waals surface area contributed by atoms with Gasteiger partial charge < -0.3 is 5.32 Å². The van der Waals surface area contributed by atoms with Crippen LogP contribution in [-0.2, 0) is 13.6 Å². The van der Waals surface area contributed by atoms with Crippen LogP contribution in [0.2, 0.25) is 0 Å². The molecule has 1 aromatic heterocycles. The Labute approximate surface area is 117 Å². The first-order chi connectivity index (χ1) is 9.38. The molecule has 0 saturated carbocycles. The maximum atomic E-state index is 14.1. The van der Waals surface area contributed by atoms with E-state index < -0.39 is 11.6 Å². The van der Waals surface area contributed by atoms with E-state index in [0.717, 1.165) is 5.56 Å². The van der Waals surface area contributed by atoms with Crippen molar-refractivity contribution in [2.75, 3.05) is 0 Å². The zero-order valence-electron chi connectivity index (χ0n) is 12.2. The van der Waals surface area contributed by atoms with E-state index in [2.05, 4.69) is 10.4 Å². The van der Waals surface area contributed by atoms with Gasteiger partial charge in [-0.25, -0.2) is 8.78 Å². The SMILES string of the molecule is Cc1cc(F)c(-c2nn(C)cc2CNC(C)C)cc1F. The van der Waals surface area contributed by atoms with Gasteiger partial charge in [0.1, 0.15) is 11.6 Å². The van der Waals surface area contributed by atoms with Crippen molar-refractivity contribution in [3.63, 3.8) is 0 Å². The predicted molar refractivity (Wildman–Crippen MR) is 75.3 cm³/mol. The summed E-state index contributed by atoms with van der Waals surface area (Å²) in [6.07, 6.45) is 1.82. The average molecular weight is 279 g/mol. The molecular weight excluding hydrogens is 260 g/mol. The molecule has 1 aromatic carbocycles. The number of halogens is 2. The van der Waals surface area contributed by atoms with Crippen molar-refractivity contribution in [3.05, 3.63) is 41.1 Å². The molecule has 1 N–H and O–H groups in total. The van der Waals surface area contributed by atoms with Crippen LogP contribution in [0.15, 0.2) is 18.3 Å². The second-order valence-electron chi connectivity index (χ2n) is 5.29. The molecule has 3 nitrogen and oxygen atoms in total. The van der Waals surface area contributed by atoms with Crippen LogP contribution in [0.1, 0.15) is 25.0 Å². The second kappa shape index (κ2) is 5.71. The first kappa shape index (κ1) is 14.7. The number of rotatable bonds is 4. The van der Waals surface area contributed by atoms with Crippen LogP contribution in [0.3, 0.4) is 0 Å². The van der Waals surface area contributed by atoms with E-state index in [-0.39, 0.29) is 5.56 Å². The minimum atomic E-state index is -0.451. The molecule has 0 fully saturated rings. The minimum Gasteiger partial charge on any atom is -0.310 e. The van der Waals surface area contributed by atoms with Gasteiger partial charge in [-0.2, -0.15) is 5.10 Å². The number of aryl methyl sites for hydroxylation is 2. The van der Waals surface area contributed by atoms with E-state index in [9.17, 15) is 8.78 Å². The summed E-state index contributed by atoms with van der Waals surface area (Å²) in [6.45, 7) is 6.17. The van der Waals surface area contributed by atoms with Crippen LogP contribution in [0.5, 0.6) is 0 Å². The Bertz CT molecular complexity index is 618. The Morgan fingerprint density at radius 3 is 2.60 bits per heavy atom. The summed E-state index contributed by atoms with van der Waals surface area (Å²) in [7, 11) is 1.77. The fourth-order valence-electron chi connectivity index (χ4n) is 2.04. The van der Waals surface area contributed by atoms with Gasteiger partial charge >= 0.3 is 0 Å². The summed E-state index contributed by atoms with van der Waals surface area (Å²) in [6, 6.07) is 2.73. The third kappa shape index (κ3) is 3.04. The average Bonchev–Trinajstić information content (AvgIpc) is 2.72. The van der Waals surface area contributed by atoms with Gasteiger partial charge in [0.15, 0.2) is 0 Å². The Kier molecular flexibility index (Phi) is 4.18. The number of hydrogen-bond donors (Lipinski definition) is 1. The van der Waals surface area contributed by atoms with Crippen LogP contribution >= 0.6 is 0 Å². The number of nitrogens with zero attached hydrogens (tertiary/aromatic N) is 2. The van der Waals surface area contributed by atoms with E-state index in [1.54, 1.807) is 18.7 Å². The maximum Gasteiger partial charge on any atom is 0.133 e. The third-order valence-electron chi connectivity index (χ3n) is 3.11. The van der Waals surface area contributed by atoms with Crippen LogP contribution in [0.25, 0.3) is 11.3 Å². The maximum absolute atomic E-state index is 14.1. The van der Waals surface area contributed by atoms with Gasteiger partial charge in [0.05, 0.1) is 5.69 Å². The topological polar surface area (TPSA) is 29.9 Å². The van der Waals surface area contributed by atoms with Crippen molar-refractivity contribution in [2.24, 2.45) is 7.05 Å². The first-order valence-corrected chi connectivity index (χ1v) is 6.60. The fourth-order valence-corrected chi connectivity index (χ4v) is 2.04. The van der Waals surface area contributed by atoms with Gasteiger partial charge in [-0.1, -0.05) is 13.8 Å². The summed E-state index contributed by atoms with van der Waals surface area (Å²) in [5, 5.41) is 7.52. The lowest BCUT2D eigenvalue weighted by atomic mass is 10.0. The Balaban J connectivity index is 2.44. The summed E-state index contributed by atoms with van der Waals surface area (Å²) in [5.41, 5.74) is 1.83. The smallest absolute Gasteiger partial charge is 0.133 e. The van der Waals surface area contributed by atoms with Crippen LogP contribution in [-0.4, -0.2) is 15.8 Å². The molecule has 0 aliphatic heterocycles. The summed E-state index contributed by atoms with van der Waals surface area (Å²) < 4.78 is 29.4. The second-order valence-corrected chi connectivity index (χ2v) is 5.29. The van der Waals surface area contributed by atoms with E-state index >= 15 is 0 Å². The van der Waals surface area contributed by atoms with Crippen LogP contribution in [0.4, 0.5) is 8.78 Å². The monoisotopic (exact) mass is 279 g/mol. The number of benzene rings is 1. The summed E-state index contributed by atoms with van der Waals surface area (Å²) >= 11 is 0. The lowest BCUT2D eigenvalue weighted by molar-refractivity contribution is 0.586. The van der Waals surface area contributed by atoms with Crippen molar-refractivity contribution < 1.29 is 8.78 Å². The van der Waals surface area contributed by atoms with E-state index in [1.165, 1.54) is 12.1 Å². The van der Waals surface area contributed by atoms with E-state index in [1.807, 2.05) is 20.0 Å². The molecule has 0 bridgehead atoms. The largest absolute Gasteiger partial charge is 0.310 e. The van der Waals surface area contributed by atoms with E-state index in [0.29, 0.717) is 23.8 Å². The number of aromatic nitrogens is 2. The molecular formula is C15H19F2N3. The lowest BCUT2D eigenvalue weighted by Crippen LogP contribution is -2.21. The van der Waals surface area contributed by atoms with Gasteiger partial charge in [0.25, 0.3) is 0 Å². The molecule has 0 atom stereocenters. The van der Waals surface area contributed by atoms with Gasteiger partial charge in [-0.3, -0.25) is 4.68 Å². The highest BCUT2D eigenvalue weighted by atomic mass is 19.1. The normalized spacial score (nSPS) is 11.3. The Morgan fingerprint density at radius 1 is 1.25 bits per heavy atom. The van der Waals surface area contributed by atoms with Crippen molar-refractivity contribution >= 4 is 0 Å². The highest BCUT2D eigenvalue weighted by Crippen LogP contribution is 2.27. The minimum absolute atomic E-state index is 0.203. The predicted octanol–water partition coefficient (Wildman–Crippen LogP) is 3.17. The highest BCUT2D eigenvalue weighted by molar-refractivity contribution is 5.64. The lowest BCUT2D eigenvalue weighted by Gasteiger charge is -2.09. The molecule has 108 valence electrons. The van der Waals surface area contributed by atoms with Gasteiger partial charge in [-0.05, 0) is 24.6 Å². The quantitative estimate of drug-likeness (QED) is 0.931. The van der Waals surface area contributed by atoms with Gasteiger partial charge in [0, 0.05) is 37.0 Å². The molecule has 0 amide bonds. The molecule has 0 spiro atoms. The molecule has 0 unspecified atom stereocenters. The molecule has 20 heavy (non-hydrogen) atoms. The van der Waals surface area contributed by atoms with Gasteiger partial charge in [-0.15, -0.1) is 0 Å². The van der Waals surface area contributed by atoms with Crippen molar-refractivity contribution in [2.45, 2.75) is 33.4 Å². The number of hydrogen-bond acceptors (Lipinski definition) is 2. The van der Waals surface area contributed by atoms with Crippen LogP contribution < -0.4 is 5.32 Å². The highest BCUT2D eigenvalue weighted by Gasteiger charge is 2.16. The summed E-state index contributed by atoms with van der Waals surface area (Å²) in [5.74, 6) is -0.872. The zero-order valence-corrected chi connectivity index (χ0v) is 12.2. The Morgan fingerprint density at radius 2 is 1.95 bits per heavy atom. The molecule has 0 aliphatic rings. The van der Waals surface area contributed by atoms with Gasteiger partial charge in [0.2, 0.25) is 0 Å².